The van der Waals surface area contributed by atoms with Crippen molar-refractivity contribution in [3.8, 4) is 6.19 Å². The third-order valence-corrected chi connectivity index (χ3v) is 2.32. The molecule has 0 saturated carbocycles. The molecule has 0 fully saturated rings. The zero-order valence-electron chi connectivity index (χ0n) is 8.20. The van der Waals surface area contributed by atoms with Crippen molar-refractivity contribution in [2.24, 2.45) is 10.3 Å². The van der Waals surface area contributed by atoms with Gasteiger partial charge in [-0.2, -0.15) is 9.62 Å². The Morgan fingerprint density at radius 3 is 2.77 bits per heavy atom. The van der Waals surface area contributed by atoms with Crippen LogP contribution in [0.15, 0.2) is 4.36 Å². The van der Waals surface area contributed by atoms with E-state index in [1.165, 1.54) is 0 Å². The van der Waals surface area contributed by atoms with Crippen LogP contribution in [0.2, 0.25) is 0 Å². The first kappa shape index (κ1) is 12.1. The van der Waals surface area contributed by atoms with Crippen LogP contribution >= 0.6 is 0 Å². The third kappa shape index (κ3) is 7.47. The van der Waals surface area contributed by atoms with Crippen LogP contribution in [-0.4, -0.2) is 24.5 Å². The Kier molecular flexibility index (Phi) is 6.15. The molecule has 1 N–H and O–H groups in total. The van der Waals surface area contributed by atoms with Crippen LogP contribution in [0.3, 0.4) is 0 Å². The Labute approximate surface area is 81.4 Å². The van der Waals surface area contributed by atoms with Crippen LogP contribution in [0.4, 0.5) is 0 Å². The van der Waals surface area contributed by atoms with Crippen molar-refractivity contribution in [3.63, 3.8) is 0 Å². The quantitative estimate of drug-likeness (QED) is 0.679. The molecule has 0 aromatic carbocycles. The summed E-state index contributed by atoms with van der Waals surface area (Å²) in [5, 5.41) is 11.0. The molecule has 13 heavy (non-hydrogen) atoms. The lowest BCUT2D eigenvalue weighted by atomic mass is 10.2. The van der Waals surface area contributed by atoms with Crippen LogP contribution in [-0.2, 0) is 15.5 Å². The van der Waals surface area contributed by atoms with Crippen molar-refractivity contribution in [2.45, 2.75) is 13.8 Å². The fraction of sp³-hybridized carbons (Fsp3) is 0.750. The number of hydrogen-bond donors (Lipinski definition) is 1. The summed E-state index contributed by atoms with van der Waals surface area (Å²) in [4.78, 5) is 11.2. The normalized spacial score (nSPS) is 12.5. The summed E-state index contributed by atoms with van der Waals surface area (Å²) in [7, 11) is -0.463. The maximum absolute atomic E-state index is 11.2. The monoisotopic (exact) mass is 201 g/mol. The van der Waals surface area contributed by atoms with Crippen molar-refractivity contribution >= 4 is 16.6 Å². The van der Waals surface area contributed by atoms with Gasteiger partial charge >= 0.3 is 0 Å². The van der Waals surface area contributed by atoms with Crippen molar-refractivity contribution in [3.05, 3.63) is 0 Å². The van der Waals surface area contributed by atoms with Crippen LogP contribution in [0.1, 0.15) is 13.8 Å². The molecular formula is C8H15N3OS. The Bertz CT molecular complexity index is 242. The first-order valence-corrected chi connectivity index (χ1v) is 5.81. The second-order valence-corrected chi connectivity index (χ2v) is 4.81. The van der Waals surface area contributed by atoms with Crippen molar-refractivity contribution in [1.82, 2.24) is 5.32 Å². The zero-order chi connectivity index (χ0) is 10.3. The van der Waals surface area contributed by atoms with Gasteiger partial charge in [0.05, 0.1) is 5.75 Å². The minimum Gasteiger partial charge on any atom is -0.355 e. The second-order valence-electron chi connectivity index (χ2n) is 3.13. The van der Waals surface area contributed by atoms with Gasteiger partial charge in [0.25, 0.3) is 0 Å². The van der Waals surface area contributed by atoms with Gasteiger partial charge in [-0.15, -0.1) is 0 Å². The van der Waals surface area contributed by atoms with Crippen LogP contribution in [0.25, 0.3) is 0 Å². The standard InChI is InChI=1S/C8H15N3OS/c1-7(2)4-10-8(12)5-13(3)11-6-9/h7H,4-5H2,1-3H3,(H,10,12). The minimum atomic E-state index is -0.463. The second kappa shape index (κ2) is 6.61. The first-order valence-electron chi connectivity index (χ1n) is 4.05. The molecule has 0 aliphatic rings. The lowest BCUT2D eigenvalue weighted by Gasteiger charge is -2.06. The molecule has 0 bridgehead atoms. The molecule has 0 aromatic rings. The molecule has 0 heterocycles. The third-order valence-electron chi connectivity index (χ3n) is 1.24. The predicted octanol–water partition coefficient (Wildman–Crippen LogP) is 0.671. The van der Waals surface area contributed by atoms with Crippen LogP contribution in [0, 0.1) is 17.4 Å². The summed E-state index contributed by atoms with van der Waals surface area (Å²) in [6.07, 6.45) is 3.47. The molecule has 74 valence electrons. The molecule has 0 rings (SSSR count). The maximum Gasteiger partial charge on any atom is 0.231 e. The van der Waals surface area contributed by atoms with E-state index in [-0.39, 0.29) is 5.91 Å². The van der Waals surface area contributed by atoms with Gasteiger partial charge in [0.2, 0.25) is 12.1 Å². The highest BCUT2D eigenvalue weighted by atomic mass is 32.2. The van der Waals surface area contributed by atoms with E-state index >= 15 is 0 Å². The Morgan fingerprint density at radius 1 is 1.69 bits per heavy atom. The van der Waals surface area contributed by atoms with Gasteiger partial charge in [-0.3, -0.25) is 4.79 Å². The number of hydrogen-bond acceptors (Lipinski definition) is 3. The average Bonchev–Trinajstić information content (AvgIpc) is 2.01. The SMILES string of the molecule is CC(C)CNC(=O)CS(C)=NC#N. The predicted molar refractivity (Wildman–Crippen MR) is 54.0 cm³/mol. The van der Waals surface area contributed by atoms with E-state index in [1.54, 1.807) is 12.4 Å². The van der Waals surface area contributed by atoms with E-state index in [1.807, 2.05) is 13.8 Å². The molecule has 1 atom stereocenters. The van der Waals surface area contributed by atoms with Gasteiger partial charge in [0.1, 0.15) is 0 Å². The molecule has 1 amide bonds. The van der Waals surface area contributed by atoms with E-state index in [2.05, 4.69) is 9.68 Å². The van der Waals surface area contributed by atoms with Crippen molar-refractivity contribution in [1.29, 1.82) is 5.26 Å². The molecular weight excluding hydrogens is 186 g/mol. The van der Waals surface area contributed by atoms with Crippen LogP contribution < -0.4 is 5.32 Å². The number of rotatable bonds is 4. The zero-order valence-corrected chi connectivity index (χ0v) is 9.02. The van der Waals surface area contributed by atoms with Gasteiger partial charge in [0, 0.05) is 6.54 Å². The average molecular weight is 201 g/mol. The maximum atomic E-state index is 11.2. The summed E-state index contributed by atoms with van der Waals surface area (Å²) >= 11 is 0. The summed E-state index contributed by atoms with van der Waals surface area (Å²) < 4.78 is 3.56. The highest BCUT2D eigenvalue weighted by Crippen LogP contribution is 1.88. The van der Waals surface area contributed by atoms with Gasteiger partial charge in [-0.25, -0.2) is 0 Å². The number of amides is 1. The Hall–Kier alpha value is -0.890. The van der Waals surface area contributed by atoms with Crippen molar-refractivity contribution < 1.29 is 4.79 Å². The number of nitrogens with one attached hydrogen (secondary N) is 1. The highest BCUT2D eigenvalue weighted by Gasteiger charge is 2.02. The van der Waals surface area contributed by atoms with E-state index in [9.17, 15) is 4.79 Å². The number of nitriles is 1. The molecule has 1 unspecified atom stereocenters. The Balaban J connectivity index is 3.76. The molecule has 0 aliphatic carbocycles. The fourth-order valence-electron chi connectivity index (χ4n) is 0.661. The summed E-state index contributed by atoms with van der Waals surface area (Å²) in [6, 6.07) is 0. The summed E-state index contributed by atoms with van der Waals surface area (Å²) in [5.74, 6) is 0.745. The fourth-order valence-corrected chi connectivity index (χ4v) is 1.35. The van der Waals surface area contributed by atoms with E-state index in [0.717, 1.165) is 0 Å². The van der Waals surface area contributed by atoms with E-state index in [4.69, 9.17) is 5.26 Å². The lowest BCUT2D eigenvalue weighted by molar-refractivity contribution is -0.118. The number of carbonyl (C=O) groups excluding carboxylic acids is 1. The Morgan fingerprint density at radius 2 is 2.31 bits per heavy atom. The highest BCUT2D eigenvalue weighted by molar-refractivity contribution is 7.87. The minimum absolute atomic E-state index is 0.0291. The molecule has 0 radical (unpaired) electrons. The largest absolute Gasteiger partial charge is 0.355 e. The molecule has 0 aromatic heterocycles. The van der Waals surface area contributed by atoms with Crippen molar-refractivity contribution in [2.75, 3.05) is 18.6 Å². The molecule has 0 spiro atoms. The lowest BCUT2D eigenvalue weighted by Crippen LogP contribution is -2.30. The van der Waals surface area contributed by atoms with Gasteiger partial charge in [0.15, 0.2) is 0 Å². The van der Waals surface area contributed by atoms with Crippen LogP contribution in [0.5, 0.6) is 0 Å². The topological polar surface area (TPSA) is 65.2 Å². The van der Waals surface area contributed by atoms with E-state index in [0.29, 0.717) is 18.2 Å². The van der Waals surface area contributed by atoms with Gasteiger partial charge in [-0.1, -0.05) is 24.5 Å². The van der Waals surface area contributed by atoms with E-state index < -0.39 is 10.7 Å². The molecule has 0 aliphatic heterocycles. The number of carbonyl (C=O) groups is 1. The molecule has 0 saturated heterocycles. The van der Waals surface area contributed by atoms with Gasteiger partial charge in [-0.05, 0) is 12.2 Å². The smallest absolute Gasteiger partial charge is 0.231 e. The number of nitrogens with zero attached hydrogens (tertiary/aromatic N) is 2. The summed E-state index contributed by atoms with van der Waals surface area (Å²) in [5.41, 5.74) is 0. The first-order chi connectivity index (χ1) is 6.06. The molecule has 5 heteroatoms. The van der Waals surface area contributed by atoms with Gasteiger partial charge < -0.3 is 5.32 Å². The summed E-state index contributed by atoms with van der Waals surface area (Å²) in [6.45, 7) is 4.75. The molecule has 4 nitrogen and oxygen atoms in total.